The zero-order valence-electron chi connectivity index (χ0n) is 14.5. The molecule has 2 aromatic heterocycles. The molecule has 1 atom stereocenters. The molecule has 0 saturated heterocycles. The summed E-state index contributed by atoms with van der Waals surface area (Å²) in [4.78, 5) is 22.4. The molecule has 0 bridgehead atoms. The molecule has 0 spiro atoms. The Kier molecular flexibility index (Phi) is 5.16. The standard InChI is InChI=1S/C18H24N4OS/c1-13(22-8-6-16-15(12-22)7-9-24-16)10-20-18(23)14-4-5-17(19-11-14)21(2)3/h4-5,7,9,11,13H,6,8,10,12H2,1-3H3,(H,20,23)/t13-/m0/s1. The minimum Gasteiger partial charge on any atom is -0.363 e. The van der Waals surface area contributed by atoms with E-state index < -0.39 is 0 Å². The maximum atomic E-state index is 12.3. The van der Waals surface area contributed by atoms with Gasteiger partial charge in [0.25, 0.3) is 5.91 Å². The van der Waals surface area contributed by atoms with Crippen molar-refractivity contribution in [3.63, 3.8) is 0 Å². The molecule has 3 heterocycles. The van der Waals surface area contributed by atoms with Crippen molar-refractivity contribution in [3.8, 4) is 0 Å². The average Bonchev–Trinajstić information content (AvgIpc) is 3.07. The molecule has 5 nitrogen and oxygen atoms in total. The zero-order chi connectivity index (χ0) is 17.1. The highest BCUT2D eigenvalue weighted by molar-refractivity contribution is 7.10. The third-order valence-electron chi connectivity index (χ3n) is 4.49. The van der Waals surface area contributed by atoms with Gasteiger partial charge in [-0.25, -0.2) is 4.98 Å². The number of hydrogen-bond acceptors (Lipinski definition) is 5. The molecule has 2 aromatic rings. The average molecular weight is 344 g/mol. The van der Waals surface area contributed by atoms with E-state index in [0.717, 1.165) is 25.3 Å². The van der Waals surface area contributed by atoms with E-state index in [4.69, 9.17) is 0 Å². The molecule has 1 aliphatic rings. The minimum absolute atomic E-state index is 0.0621. The number of anilines is 1. The Balaban J connectivity index is 1.52. The Morgan fingerprint density at radius 3 is 2.96 bits per heavy atom. The molecule has 3 rings (SSSR count). The van der Waals surface area contributed by atoms with E-state index in [1.54, 1.807) is 6.20 Å². The molecule has 0 unspecified atom stereocenters. The predicted octanol–water partition coefficient (Wildman–Crippen LogP) is 2.39. The van der Waals surface area contributed by atoms with Crippen molar-refractivity contribution in [2.45, 2.75) is 25.9 Å². The molecular formula is C18H24N4OS. The van der Waals surface area contributed by atoms with Crippen LogP contribution >= 0.6 is 11.3 Å². The van der Waals surface area contributed by atoms with Crippen LogP contribution in [0.1, 0.15) is 27.7 Å². The van der Waals surface area contributed by atoms with E-state index in [0.29, 0.717) is 18.2 Å². The fraction of sp³-hybridized carbons (Fsp3) is 0.444. The molecule has 24 heavy (non-hydrogen) atoms. The van der Waals surface area contributed by atoms with Crippen LogP contribution in [0.25, 0.3) is 0 Å². The van der Waals surface area contributed by atoms with Crippen LogP contribution in [0.3, 0.4) is 0 Å². The van der Waals surface area contributed by atoms with Crippen LogP contribution < -0.4 is 10.2 Å². The maximum Gasteiger partial charge on any atom is 0.252 e. The lowest BCUT2D eigenvalue weighted by atomic mass is 10.1. The number of nitrogens with zero attached hydrogens (tertiary/aromatic N) is 3. The second-order valence-electron chi connectivity index (χ2n) is 6.45. The molecule has 1 N–H and O–H groups in total. The molecule has 1 amide bonds. The summed E-state index contributed by atoms with van der Waals surface area (Å²) in [6.07, 6.45) is 2.75. The Morgan fingerprint density at radius 1 is 1.42 bits per heavy atom. The second-order valence-corrected chi connectivity index (χ2v) is 7.45. The van der Waals surface area contributed by atoms with Crippen LogP contribution in [0.4, 0.5) is 5.82 Å². The van der Waals surface area contributed by atoms with E-state index in [1.807, 2.05) is 42.5 Å². The van der Waals surface area contributed by atoms with E-state index in [-0.39, 0.29) is 5.91 Å². The van der Waals surface area contributed by atoms with Gasteiger partial charge in [0, 0.05) is 50.8 Å². The molecule has 6 heteroatoms. The molecule has 0 fully saturated rings. The van der Waals surface area contributed by atoms with E-state index in [2.05, 4.69) is 33.6 Å². The van der Waals surface area contributed by atoms with Gasteiger partial charge < -0.3 is 10.2 Å². The van der Waals surface area contributed by atoms with Gasteiger partial charge in [0.05, 0.1) is 5.56 Å². The Labute approximate surface area is 147 Å². The van der Waals surface area contributed by atoms with E-state index in [9.17, 15) is 4.79 Å². The van der Waals surface area contributed by atoms with Crippen molar-refractivity contribution < 1.29 is 4.79 Å². The first-order chi connectivity index (χ1) is 11.5. The first-order valence-electron chi connectivity index (χ1n) is 8.25. The molecule has 0 aliphatic carbocycles. The van der Waals surface area contributed by atoms with Crippen LogP contribution in [0.2, 0.25) is 0 Å². The Bertz CT molecular complexity index is 695. The van der Waals surface area contributed by atoms with Crippen molar-refractivity contribution in [3.05, 3.63) is 45.8 Å². The van der Waals surface area contributed by atoms with Crippen LogP contribution in [0, 0.1) is 0 Å². The van der Waals surface area contributed by atoms with Crippen molar-refractivity contribution >= 4 is 23.1 Å². The number of aromatic nitrogens is 1. The van der Waals surface area contributed by atoms with Crippen LogP contribution in [-0.2, 0) is 13.0 Å². The molecular weight excluding hydrogens is 320 g/mol. The van der Waals surface area contributed by atoms with Gasteiger partial charge in [0.15, 0.2) is 0 Å². The first kappa shape index (κ1) is 16.9. The van der Waals surface area contributed by atoms with Gasteiger partial charge in [0.2, 0.25) is 0 Å². The van der Waals surface area contributed by atoms with Gasteiger partial charge in [0.1, 0.15) is 5.82 Å². The maximum absolute atomic E-state index is 12.3. The first-order valence-corrected chi connectivity index (χ1v) is 9.13. The fourth-order valence-electron chi connectivity index (χ4n) is 2.90. The van der Waals surface area contributed by atoms with Gasteiger partial charge in [-0.15, -0.1) is 11.3 Å². The summed E-state index contributed by atoms with van der Waals surface area (Å²) in [6, 6.07) is 6.22. The van der Waals surface area contributed by atoms with E-state index in [1.165, 1.54) is 10.4 Å². The summed E-state index contributed by atoms with van der Waals surface area (Å²) in [5, 5.41) is 5.20. The molecule has 128 valence electrons. The van der Waals surface area contributed by atoms with E-state index >= 15 is 0 Å². The number of carbonyl (C=O) groups is 1. The lowest BCUT2D eigenvalue weighted by Gasteiger charge is -2.32. The number of nitrogens with one attached hydrogen (secondary N) is 1. The van der Waals surface area contributed by atoms with Gasteiger partial charge >= 0.3 is 0 Å². The quantitative estimate of drug-likeness (QED) is 0.905. The lowest BCUT2D eigenvalue weighted by Crippen LogP contribution is -2.44. The SMILES string of the molecule is C[C@@H](CNC(=O)c1ccc(N(C)C)nc1)N1CCc2sccc2C1. The number of rotatable bonds is 5. The monoisotopic (exact) mass is 344 g/mol. The normalized spacial score (nSPS) is 15.6. The van der Waals surface area contributed by atoms with Gasteiger partial charge in [-0.05, 0) is 42.5 Å². The van der Waals surface area contributed by atoms with Crippen LogP contribution in [0.5, 0.6) is 0 Å². The summed E-state index contributed by atoms with van der Waals surface area (Å²) in [6.45, 7) is 4.86. The summed E-state index contributed by atoms with van der Waals surface area (Å²) < 4.78 is 0. The highest BCUT2D eigenvalue weighted by Gasteiger charge is 2.21. The van der Waals surface area contributed by atoms with Crippen LogP contribution in [0.15, 0.2) is 29.8 Å². The lowest BCUT2D eigenvalue weighted by molar-refractivity contribution is 0.0932. The number of hydrogen-bond donors (Lipinski definition) is 1. The molecule has 1 aliphatic heterocycles. The van der Waals surface area contributed by atoms with Crippen molar-refractivity contribution in [2.75, 3.05) is 32.1 Å². The molecule has 0 radical (unpaired) electrons. The highest BCUT2D eigenvalue weighted by atomic mass is 32.1. The smallest absolute Gasteiger partial charge is 0.252 e. The van der Waals surface area contributed by atoms with Gasteiger partial charge in [-0.3, -0.25) is 9.69 Å². The number of amides is 1. The van der Waals surface area contributed by atoms with Gasteiger partial charge in [-0.2, -0.15) is 0 Å². The summed E-state index contributed by atoms with van der Waals surface area (Å²) in [5.74, 6) is 0.785. The summed E-state index contributed by atoms with van der Waals surface area (Å²) >= 11 is 1.85. The summed E-state index contributed by atoms with van der Waals surface area (Å²) in [7, 11) is 3.86. The Morgan fingerprint density at radius 2 is 2.25 bits per heavy atom. The highest BCUT2D eigenvalue weighted by Crippen LogP contribution is 2.24. The number of thiophene rings is 1. The van der Waals surface area contributed by atoms with Gasteiger partial charge in [-0.1, -0.05) is 0 Å². The fourth-order valence-corrected chi connectivity index (χ4v) is 3.79. The minimum atomic E-state index is -0.0621. The van der Waals surface area contributed by atoms with Crippen molar-refractivity contribution in [1.29, 1.82) is 0 Å². The van der Waals surface area contributed by atoms with Crippen molar-refractivity contribution in [2.24, 2.45) is 0 Å². The predicted molar refractivity (Wildman–Crippen MR) is 98.8 cm³/mol. The van der Waals surface area contributed by atoms with Crippen LogP contribution in [-0.4, -0.2) is 49.0 Å². The number of fused-ring (bicyclic) bond motifs is 1. The molecule has 0 saturated carbocycles. The summed E-state index contributed by atoms with van der Waals surface area (Å²) in [5.41, 5.74) is 2.04. The number of pyridine rings is 1. The molecule has 0 aromatic carbocycles. The zero-order valence-corrected chi connectivity index (χ0v) is 15.3. The Hall–Kier alpha value is -1.92. The third kappa shape index (κ3) is 3.76. The topological polar surface area (TPSA) is 48.5 Å². The number of carbonyl (C=O) groups excluding carboxylic acids is 1. The third-order valence-corrected chi connectivity index (χ3v) is 5.51. The van der Waals surface area contributed by atoms with Crippen molar-refractivity contribution in [1.82, 2.24) is 15.2 Å². The largest absolute Gasteiger partial charge is 0.363 e. The second kappa shape index (κ2) is 7.32.